The lowest BCUT2D eigenvalue weighted by molar-refractivity contribution is 0.162. The lowest BCUT2D eigenvalue weighted by Gasteiger charge is -2.23. The van der Waals surface area contributed by atoms with Gasteiger partial charge in [-0.15, -0.1) is 0 Å². The van der Waals surface area contributed by atoms with Gasteiger partial charge in [-0.05, 0) is 76.9 Å². The molecule has 2 unspecified atom stereocenters. The molecule has 40 nitrogen and oxygen atoms in total. The number of β-amino-alcohol motifs (C(OH)–C–C–N with tert-alkyl or cyclic N) is 2. The van der Waals surface area contributed by atoms with Crippen LogP contribution in [0.2, 0.25) is 0 Å². The van der Waals surface area contributed by atoms with Crippen molar-refractivity contribution in [1.29, 1.82) is 0 Å². The van der Waals surface area contributed by atoms with Crippen LogP contribution in [0.25, 0.3) is 0 Å². The second kappa shape index (κ2) is 38.3. The number of hydrogen-bond donors (Lipinski definition) is 24. The van der Waals surface area contributed by atoms with Crippen molar-refractivity contribution < 1.29 is 171 Å². The maximum Gasteiger partial charge on any atom is 0.394 e. The Bertz CT molecular complexity index is 2290. The van der Waals surface area contributed by atoms with Gasteiger partial charge >= 0.3 is 83.2 Å². The van der Waals surface area contributed by atoms with Crippen LogP contribution in [0.1, 0.15) is 76.0 Å². The molecule has 0 aromatic heterocycles. The van der Waals surface area contributed by atoms with Crippen molar-refractivity contribution in [3.05, 3.63) is 58.7 Å². The third-order valence-electron chi connectivity index (χ3n) is 4.97. The third-order valence-corrected chi connectivity index (χ3v) is 4.97. The van der Waals surface area contributed by atoms with Crippen molar-refractivity contribution in [3.63, 3.8) is 0 Å². The van der Waals surface area contributed by atoms with E-state index in [1.165, 1.54) is 12.1 Å². The van der Waals surface area contributed by atoms with Crippen LogP contribution >= 0.6 is 0 Å². The fraction of sp³-hybridized carbons (Fsp3) is 0.538. The highest BCUT2D eigenvalue weighted by Gasteiger charge is 2.16. The minimum absolute atomic E-state index is 0.0484. The molecule has 0 fully saturated rings. The van der Waals surface area contributed by atoms with E-state index >= 15 is 0 Å². The Morgan fingerprint density at radius 1 is 0.365 bits per heavy atom. The van der Waals surface area contributed by atoms with E-state index in [1.807, 2.05) is 41.5 Å². The van der Waals surface area contributed by atoms with Crippen molar-refractivity contribution in [1.82, 2.24) is 10.6 Å². The number of hydrogen-bond acceptors (Lipinski definition) is 24. The maximum absolute atomic E-state index is 9.97. The molecule has 0 aliphatic carbocycles. The molecular formula is C26H58N2O38S8. The van der Waals surface area contributed by atoms with Gasteiger partial charge in [0.15, 0.2) is 0 Å². The fourth-order valence-electron chi connectivity index (χ4n) is 2.92. The third kappa shape index (κ3) is 144. The highest BCUT2D eigenvalue weighted by Crippen LogP contribution is 2.23. The second-order valence-electron chi connectivity index (χ2n) is 14.0. The summed E-state index contributed by atoms with van der Waals surface area (Å²) < 4.78 is 253. The van der Waals surface area contributed by atoms with E-state index in [0.717, 1.165) is 0 Å². The zero-order chi connectivity index (χ0) is 62.1. The van der Waals surface area contributed by atoms with E-state index in [9.17, 15) is 20.4 Å². The zero-order valence-electron chi connectivity index (χ0n) is 38.1. The number of benzene rings is 2. The van der Waals surface area contributed by atoms with Gasteiger partial charge in [0, 0.05) is 35.3 Å². The number of aromatic hydroxyl groups is 2. The molecule has 0 aliphatic heterocycles. The summed E-state index contributed by atoms with van der Waals surface area (Å²) in [4.78, 5) is 0. The standard InChI is InChI=1S/2C13H21NO3.8H2O4S/c2*1-13(2,3)14-7-12(17)9-4-5-11(16)10(6-9)8-15;8*1-5(2,3)4/h2*4-6,12,14-17H,7-8H2,1-3H3;8*(H2,1,2,3,4). The first-order valence-electron chi connectivity index (χ1n) is 17.0. The lowest BCUT2D eigenvalue weighted by Crippen LogP contribution is -2.38. The second-order valence-corrected chi connectivity index (χ2v) is 21.1. The van der Waals surface area contributed by atoms with E-state index in [0.29, 0.717) is 35.3 Å². The SMILES string of the molecule is CC(C)(C)NCC(O)c1ccc(O)c(CO)c1.CC(C)(C)NCC(O)c1ccc(O)c(CO)c1.O=S(=O)(O)O.O=S(=O)(O)O.O=S(=O)(O)O.O=S(=O)(O)O.O=S(=O)(O)O.O=S(=O)(O)O.O=S(=O)(O)O.O=S(=O)(O)O. The molecule has 2 aromatic rings. The Balaban J connectivity index is -0.000000117. The van der Waals surface area contributed by atoms with Gasteiger partial charge in [0.1, 0.15) is 11.5 Å². The fourth-order valence-corrected chi connectivity index (χ4v) is 2.92. The van der Waals surface area contributed by atoms with Gasteiger partial charge in [0.2, 0.25) is 0 Å². The summed E-state index contributed by atoms with van der Waals surface area (Å²) in [5.74, 6) is 0.0967. The van der Waals surface area contributed by atoms with Crippen molar-refractivity contribution >= 4 is 83.2 Å². The van der Waals surface area contributed by atoms with Crippen LogP contribution in [0.3, 0.4) is 0 Å². The molecule has 0 heterocycles. The molecule has 0 aliphatic rings. The van der Waals surface area contributed by atoms with Gasteiger partial charge in [-0.1, -0.05) is 12.1 Å². The monoisotopic (exact) mass is 1260 g/mol. The van der Waals surface area contributed by atoms with Gasteiger partial charge in [0.05, 0.1) is 25.4 Å². The largest absolute Gasteiger partial charge is 0.508 e. The van der Waals surface area contributed by atoms with Crippen molar-refractivity contribution in [2.24, 2.45) is 0 Å². The Hall–Kier alpha value is -3.24. The first-order chi connectivity index (χ1) is 31.7. The number of phenols is 2. The van der Waals surface area contributed by atoms with Crippen LogP contribution in [-0.2, 0) is 96.4 Å². The molecule has 0 saturated heterocycles. The molecule has 24 N–H and O–H groups in total. The number of aliphatic hydroxyl groups is 4. The van der Waals surface area contributed by atoms with Crippen molar-refractivity contribution in [2.45, 2.75) is 78.0 Å². The van der Waals surface area contributed by atoms with Crippen molar-refractivity contribution in [2.75, 3.05) is 13.1 Å². The van der Waals surface area contributed by atoms with Gasteiger partial charge in [-0.3, -0.25) is 72.8 Å². The van der Waals surface area contributed by atoms with E-state index < -0.39 is 95.4 Å². The molecule has 0 bridgehead atoms. The minimum Gasteiger partial charge on any atom is -0.508 e. The molecule has 48 heteroatoms. The number of nitrogens with one attached hydrogen (secondary N) is 2. The summed E-state index contributed by atoms with van der Waals surface area (Å²) in [5, 5.41) is 63.2. The summed E-state index contributed by atoms with van der Waals surface area (Å²) in [7, 11) is -37.3. The Labute approximate surface area is 424 Å². The van der Waals surface area contributed by atoms with Crippen LogP contribution in [0.15, 0.2) is 36.4 Å². The Morgan fingerprint density at radius 2 is 0.514 bits per heavy atom. The Morgan fingerprint density at radius 3 is 0.635 bits per heavy atom. The maximum atomic E-state index is 9.97. The van der Waals surface area contributed by atoms with Gasteiger partial charge in [0.25, 0.3) is 0 Å². The number of aliphatic hydroxyl groups excluding tert-OH is 4. The summed E-state index contributed by atoms with van der Waals surface area (Å²) in [6, 6.07) is 9.52. The molecule has 448 valence electrons. The molecule has 0 radical (unpaired) electrons. The Kier molecular flexibility index (Phi) is 45.3. The quantitative estimate of drug-likeness (QED) is 0.120. The number of rotatable bonds is 8. The van der Waals surface area contributed by atoms with E-state index in [2.05, 4.69) is 10.6 Å². The molecule has 74 heavy (non-hydrogen) atoms. The average Bonchev–Trinajstić information content (AvgIpc) is 3.04. The molecule has 2 aromatic carbocycles. The van der Waals surface area contributed by atoms with Crippen LogP contribution < -0.4 is 10.6 Å². The van der Waals surface area contributed by atoms with Gasteiger partial charge in [-0.25, -0.2) is 0 Å². The molecule has 2 atom stereocenters. The van der Waals surface area contributed by atoms with E-state index in [-0.39, 0.29) is 35.8 Å². The molecule has 0 spiro atoms. The van der Waals surface area contributed by atoms with Gasteiger partial charge in [-0.2, -0.15) is 67.3 Å². The lowest BCUT2D eigenvalue weighted by atomic mass is 10.0. The smallest absolute Gasteiger partial charge is 0.394 e. The average molecular weight is 1260 g/mol. The first kappa shape index (κ1) is 87.4. The van der Waals surface area contributed by atoms with E-state index in [1.54, 1.807) is 24.3 Å². The van der Waals surface area contributed by atoms with Crippen LogP contribution in [0, 0.1) is 0 Å². The zero-order valence-corrected chi connectivity index (χ0v) is 44.6. The predicted molar refractivity (Wildman–Crippen MR) is 247 cm³/mol. The molecule has 0 saturated carbocycles. The first-order valence-corrected chi connectivity index (χ1v) is 28.1. The van der Waals surface area contributed by atoms with Crippen LogP contribution in [0.4, 0.5) is 0 Å². The summed E-state index contributed by atoms with van der Waals surface area (Å²) in [6.07, 6.45) is -1.31. The minimum atomic E-state index is -4.67. The van der Waals surface area contributed by atoms with Crippen LogP contribution in [-0.4, -0.2) is 195 Å². The van der Waals surface area contributed by atoms with Crippen LogP contribution in [0.5, 0.6) is 11.5 Å². The molecule has 0 amide bonds. The predicted octanol–water partition coefficient (Wildman–Crippen LogP) is -2.61. The van der Waals surface area contributed by atoms with Gasteiger partial charge < -0.3 is 41.3 Å². The molecule has 2 rings (SSSR count). The summed E-state index contributed by atoms with van der Waals surface area (Å²) in [6.45, 7) is 12.5. The topological polar surface area (TPSA) is 742 Å². The van der Waals surface area contributed by atoms with E-state index in [4.69, 9.17) is 150 Å². The normalized spacial score (nSPS) is 12.6. The highest BCUT2D eigenvalue weighted by molar-refractivity contribution is 7.81. The molecular weight excluding hydrogens is 1200 g/mol. The summed E-state index contributed by atoms with van der Waals surface area (Å²) >= 11 is 0. The highest BCUT2D eigenvalue weighted by atomic mass is 32.3. The van der Waals surface area contributed by atoms with Crippen molar-refractivity contribution in [3.8, 4) is 11.5 Å². The summed E-state index contributed by atoms with van der Waals surface area (Å²) in [5.41, 5.74) is 2.11.